The van der Waals surface area contributed by atoms with Gasteiger partial charge in [0.25, 0.3) is 12.2 Å². The van der Waals surface area contributed by atoms with E-state index in [0.29, 0.717) is 0 Å². The SMILES string of the molecule is C=C(F)F.C=C=C.FC=C(F)F. The molecule has 0 aromatic carbocycles. The summed E-state index contributed by atoms with van der Waals surface area (Å²) >= 11 is 0. The fourth-order valence-electron chi connectivity index (χ4n) is 0. The third-order valence-electron chi connectivity index (χ3n) is 0.0825. The van der Waals surface area contributed by atoms with Crippen LogP contribution in [0.1, 0.15) is 0 Å². The molecule has 70 valence electrons. The zero-order valence-electron chi connectivity index (χ0n) is 6.09. The Morgan fingerprint density at radius 3 is 1.17 bits per heavy atom. The first kappa shape index (κ1) is 16.9. The van der Waals surface area contributed by atoms with E-state index in [1.165, 1.54) is 0 Å². The smallest absolute Gasteiger partial charge is 0.210 e. The Labute approximate surface area is 67.0 Å². The van der Waals surface area contributed by atoms with Crippen molar-refractivity contribution >= 4 is 0 Å². The van der Waals surface area contributed by atoms with Gasteiger partial charge >= 0.3 is 0 Å². The first-order valence-electron chi connectivity index (χ1n) is 2.32. The molecule has 0 bridgehead atoms. The Morgan fingerprint density at radius 1 is 1.08 bits per heavy atom. The van der Waals surface area contributed by atoms with E-state index in [-0.39, 0.29) is 0 Å². The zero-order valence-corrected chi connectivity index (χ0v) is 6.09. The van der Waals surface area contributed by atoms with Gasteiger partial charge in [-0.05, 0) is 6.58 Å². The van der Waals surface area contributed by atoms with Crippen molar-refractivity contribution in [1.82, 2.24) is 0 Å². The summed E-state index contributed by atoms with van der Waals surface area (Å²) in [6.45, 7) is 8.47. The highest BCUT2D eigenvalue weighted by Crippen LogP contribution is 1.93. The summed E-state index contributed by atoms with van der Waals surface area (Å²) in [5.41, 5.74) is 2.25. The predicted octanol–water partition coefficient (Wildman–Crippen LogP) is 4.05. The first-order valence-corrected chi connectivity index (χ1v) is 2.32. The van der Waals surface area contributed by atoms with E-state index in [1.807, 2.05) is 0 Å². The summed E-state index contributed by atoms with van der Waals surface area (Å²) in [6.07, 6.45) is -4.87. The summed E-state index contributed by atoms with van der Waals surface area (Å²) in [5.74, 6) is 0. The predicted molar refractivity (Wildman–Crippen MR) is 37.5 cm³/mol. The highest BCUT2D eigenvalue weighted by Gasteiger charge is 1.78. The van der Waals surface area contributed by atoms with Crippen molar-refractivity contribution in [3.05, 3.63) is 44.0 Å². The molecule has 0 N–H and O–H groups in total. The minimum atomic E-state index is -2.29. The topological polar surface area (TPSA) is 0 Å². The van der Waals surface area contributed by atoms with Gasteiger partial charge in [-0.3, -0.25) is 0 Å². The Balaban J connectivity index is -0.000000105. The Morgan fingerprint density at radius 2 is 1.17 bits per heavy atom. The zero-order chi connectivity index (χ0) is 10.6. The van der Waals surface area contributed by atoms with Crippen LogP contribution in [0.3, 0.4) is 0 Å². The normalized spacial score (nSPS) is 5.75. The molecule has 0 heterocycles. The molecule has 0 spiro atoms. The standard InChI is InChI=1S/C3H4.C2HF3.C2H2F2/c1-3-2;3-1-2(4)5;1-2(3)4/h1-2H2;1H;1H2. The molecule has 0 radical (unpaired) electrons. The minimum absolute atomic E-state index is 0.750. The molecule has 0 fully saturated rings. The minimum Gasteiger partial charge on any atom is -0.210 e. The average Bonchev–Trinajstić information content (AvgIpc) is 1.88. The molecule has 0 atom stereocenters. The van der Waals surface area contributed by atoms with Crippen molar-refractivity contribution in [2.45, 2.75) is 0 Å². The van der Waals surface area contributed by atoms with Crippen LogP contribution in [0.15, 0.2) is 44.0 Å². The summed E-state index contributed by atoms with van der Waals surface area (Å²) in [4.78, 5) is 0. The lowest BCUT2D eigenvalue weighted by Gasteiger charge is -1.59. The van der Waals surface area contributed by atoms with Crippen LogP contribution in [0, 0.1) is 0 Å². The van der Waals surface area contributed by atoms with Crippen LogP contribution in [0.25, 0.3) is 0 Å². The molecule has 0 unspecified atom stereocenters. The van der Waals surface area contributed by atoms with Crippen LogP contribution >= 0.6 is 0 Å². The van der Waals surface area contributed by atoms with Crippen LogP contribution in [-0.2, 0) is 0 Å². The van der Waals surface area contributed by atoms with Gasteiger partial charge in [0.2, 0.25) is 0 Å². The van der Waals surface area contributed by atoms with Gasteiger partial charge in [-0.15, -0.1) is 5.73 Å². The molecule has 0 aliphatic rings. The highest BCUT2D eigenvalue weighted by atomic mass is 19.3. The van der Waals surface area contributed by atoms with E-state index in [2.05, 4.69) is 25.5 Å². The lowest BCUT2D eigenvalue weighted by molar-refractivity contribution is 0.400. The Hall–Kier alpha value is -1.35. The quantitative estimate of drug-likeness (QED) is 0.395. The Bertz CT molecular complexity index is 157. The fourth-order valence-corrected chi connectivity index (χ4v) is 0. The van der Waals surface area contributed by atoms with E-state index in [4.69, 9.17) is 0 Å². The molecule has 12 heavy (non-hydrogen) atoms. The molecule has 0 amide bonds. The second kappa shape index (κ2) is 16.3. The fraction of sp³-hybridized carbons (Fsp3) is 0. The number of hydrogen-bond donors (Lipinski definition) is 0. The number of hydrogen-bond acceptors (Lipinski definition) is 0. The average molecular weight is 186 g/mol. The molecule has 0 rings (SSSR count). The lowest BCUT2D eigenvalue weighted by Crippen LogP contribution is -1.42. The van der Waals surface area contributed by atoms with Gasteiger partial charge in [-0.2, -0.15) is 17.6 Å². The van der Waals surface area contributed by atoms with E-state index in [1.54, 1.807) is 0 Å². The molecule has 0 aromatic heterocycles. The van der Waals surface area contributed by atoms with Gasteiger partial charge in [-0.25, -0.2) is 4.39 Å². The van der Waals surface area contributed by atoms with E-state index in [0.717, 1.165) is 0 Å². The summed E-state index contributed by atoms with van der Waals surface area (Å²) < 4.78 is 51.0. The van der Waals surface area contributed by atoms with Gasteiger partial charge in [0.05, 0.1) is 0 Å². The van der Waals surface area contributed by atoms with Gasteiger partial charge in [-0.1, -0.05) is 13.2 Å². The van der Waals surface area contributed by atoms with Crippen molar-refractivity contribution in [2.75, 3.05) is 0 Å². The molecule has 0 aromatic rings. The van der Waals surface area contributed by atoms with Crippen molar-refractivity contribution in [3.8, 4) is 0 Å². The van der Waals surface area contributed by atoms with E-state index < -0.39 is 18.5 Å². The maximum atomic E-state index is 10.2. The number of halogens is 5. The van der Waals surface area contributed by atoms with Crippen LogP contribution in [-0.4, -0.2) is 0 Å². The largest absolute Gasteiger partial charge is 0.298 e. The van der Waals surface area contributed by atoms with Crippen LogP contribution in [0.5, 0.6) is 0 Å². The third kappa shape index (κ3) is 1200. The summed E-state index contributed by atoms with van der Waals surface area (Å²) in [6, 6.07) is 0. The van der Waals surface area contributed by atoms with Gasteiger partial charge in [0.15, 0.2) is 6.33 Å². The summed E-state index contributed by atoms with van der Waals surface area (Å²) in [7, 11) is 0. The molecule has 0 nitrogen and oxygen atoms in total. The highest BCUT2D eigenvalue weighted by molar-refractivity contribution is 4.66. The summed E-state index contributed by atoms with van der Waals surface area (Å²) in [5, 5.41) is 0. The van der Waals surface area contributed by atoms with E-state index >= 15 is 0 Å². The molecule has 0 saturated carbocycles. The molecule has 0 aliphatic carbocycles. The van der Waals surface area contributed by atoms with Crippen LogP contribution in [0.4, 0.5) is 22.0 Å². The molecule has 0 saturated heterocycles. The van der Waals surface area contributed by atoms with Crippen molar-refractivity contribution < 1.29 is 22.0 Å². The van der Waals surface area contributed by atoms with Gasteiger partial charge in [0.1, 0.15) is 0 Å². The van der Waals surface area contributed by atoms with Crippen LogP contribution in [0.2, 0.25) is 0 Å². The van der Waals surface area contributed by atoms with Crippen LogP contribution < -0.4 is 0 Å². The van der Waals surface area contributed by atoms with Gasteiger partial charge < -0.3 is 0 Å². The first-order chi connectivity index (χ1) is 5.42. The lowest BCUT2D eigenvalue weighted by atomic mass is 11.0. The second-order valence-electron chi connectivity index (χ2n) is 0.987. The number of rotatable bonds is 0. The van der Waals surface area contributed by atoms with E-state index in [9.17, 15) is 22.0 Å². The monoisotopic (exact) mass is 186 g/mol. The molecule has 5 heteroatoms. The van der Waals surface area contributed by atoms with Crippen molar-refractivity contribution in [2.24, 2.45) is 0 Å². The molecular formula is C7H7F5. The maximum absolute atomic E-state index is 10.2. The molecule has 0 aliphatic heterocycles. The maximum Gasteiger partial charge on any atom is 0.298 e. The van der Waals surface area contributed by atoms with Gasteiger partial charge in [0, 0.05) is 0 Å². The van der Waals surface area contributed by atoms with Crippen molar-refractivity contribution in [1.29, 1.82) is 0 Å². The third-order valence-corrected chi connectivity index (χ3v) is 0.0825. The van der Waals surface area contributed by atoms with Crippen molar-refractivity contribution in [3.63, 3.8) is 0 Å². The Kier molecular flexibility index (Phi) is 23.1. The molecular weight excluding hydrogens is 179 g/mol. The second-order valence-corrected chi connectivity index (χ2v) is 0.987.